The standard InChI is InChI=1S/C19H22N2O3S.C5H11N/c1-12-3-4-15(9-13(12)2)21-25(22,23)16-5-6-18-17(10-16)19-14(11-20-18)7-8-24-19;1-2-4-6-5-3-1/h3-6,9-10,14,19-21H,7-8,11H2,1-2H3;6H,1-5H2. The molecule has 0 radical (unpaired) electrons. The molecule has 5 rings (SSSR count). The zero-order chi connectivity index (χ0) is 21.8. The van der Waals surface area contributed by atoms with Gasteiger partial charge in [-0.05, 0) is 87.7 Å². The van der Waals surface area contributed by atoms with E-state index in [2.05, 4.69) is 15.4 Å². The van der Waals surface area contributed by atoms with Crippen LogP contribution in [0.3, 0.4) is 0 Å². The molecule has 6 nitrogen and oxygen atoms in total. The first-order chi connectivity index (χ1) is 14.9. The number of hydrogen-bond donors (Lipinski definition) is 3. The topological polar surface area (TPSA) is 79.5 Å². The van der Waals surface area contributed by atoms with Gasteiger partial charge in [0.15, 0.2) is 0 Å². The lowest BCUT2D eigenvalue weighted by molar-refractivity contribution is 0.0911. The molecule has 3 aliphatic rings. The van der Waals surface area contributed by atoms with Crippen molar-refractivity contribution in [3.05, 3.63) is 53.1 Å². The van der Waals surface area contributed by atoms with Crippen LogP contribution in [0.2, 0.25) is 0 Å². The summed E-state index contributed by atoms with van der Waals surface area (Å²) in [7, 11) is -3.64. The lowest BCUT2D eigenvalue weighted by atomic mass is 9.91. The summed E-state index contributed by atoms with van der Waals surface area (Å²) < 4.78 is 34.1. The summed E-state index contributed by atoms with van der Waals surface area (Å²) in [5.41, 5.74) is 4.67. The van der Waals surface area contributed by atoms with E-state index in [1.165, 1.54) is 32.4 Å². The van der Waals surface area contributed by atoms with Gasteiger partial charge < -0.3 is 15.4 Å². The molecule has 2 aromatic rings. The van der Waals surface area contributed by atoms with Crippen molar-refractivity contribution >= 4 is 21.4 Å². The van der Waals surface area contributed by atoms with Gasteiger partial charge in [-0.1, -0.05) is 12.5 Å². The molecule has 2 atom stereocenters. The Bertz CT molecular complexity index is 1010. The number of piperidine rings is 1. The van der Waals surface area contributed by atoms with E-state index in [9.17, 15) is 8.42 Å². The van der Waals surface area contributed by atoms with Gasteiger partial charge in [-0.3, -0.25) is 4.72 Å². The zero-order valence-electron chi connectivity index (χ0n) is 18.4. The van der Waals surface area contributed by atoms with E-state index in [1.807, 2.05) is 32.0 Å². The highest BCUT2D eigenvalue weighted by Crippen LogP contribution is 2.42. The molecule has 2 unspecified atom stereocenters. The van der Waals surface area contributed by atoms with Crippen LogP contribution in [0.25, 0.3) is 0 Å². The Morgan fingerprint density at radius 1 is 1.00 bits per heavy atom. The molecule has 0 bridgehead atoms. The van der Waals surface area contributed by atoms with Crippen LogP contribution in [0.5, 0.6) is 0 Å². The number of fused-ring (bicyclic) bond motifs is 3. The number of nitrogens with one attached hydrogen (secondary N) is 3. The zero-order valence-corrected chi connectivity index (χ0v) is 19.2. The minimum atomic E-state index is -3.64. The predicted molar refractivity (Wildman–Crippen MR) is 125 cm³/mol. The summed E-state index contributed by atoms with van der Waals surface area (Å²) in [6.45, 7) is 8.08. The highest BCUT2D eigenvalue weighted by molar-refractivity contribution is 7.92. The van der Waals surface area contributed by atoms with Gasteiger partial charge in [-0.15, -0.1) is 0 Å². The third kappa shape index (κ3) is 5.22. The van der Waals surface area contributed by atoms with Crippen LogP contribution in [0.15, 0.2) is 41.3 Å². The number of rotatable bonds is 3. The Balaban J connectivity index is 0.000000334. The number of aryl methyl sites for hydroxylation is 2. The van der Waals surface area contributed by atoms with Crippen LogP contribution in [0.4, 0.5) is 11.4 Å². The largest absolute Gasteiger partial charge is 0.384 e. The van der Waals surface area contributed by atoms with Gasteiger partial charge in [-0.2, -0.15) is 0 Å². The van der Waals surface area contributed by atoms with Gasteiger partial charge in [0.1, 0.15) is 0 Å². The summed E-state index contributed by atoms with van der Waals surface area (Å²) in [5, 5.41) is 6.67. The number of anilines is 2. The molecule has 0 aromatic heterocycles. The molecule has 7 heteroatoms. The molecule has 3 aliphatic heterocycles. The van der Waals surface area contributed by atoms with Gasteiger partial charge >= 0.3 is 0 Å². The van der Waals surface area contributed by atoms with Crippen molar-refractivity contribution in [1.82, 2.24) is 5.32 Å². The third-order valence-electron chi connectivity index (χ3n) is 6.37. The Labute approximate surface area is 185 Å². The molecule has 2 fully saturated rings. The van der Waals surface area contributed by atoms with Crippen molar-refractivity contribution in [1.29, 1.82) is 0 Å². The monoisotopic (exact) mass is 443 g/mol. The van der Waals surface area contributed by atoms with Crippen molar-refractivity contribution in [3.8, 4) is 0 Å². The smallest absolute Gasteiger partial charge is 0.261 e. The maximum absolute atomic E-state index is 12.8. The minimum absolute atomic E-state index is 0.00646. The first kappa shape index (κ1) is 22.1. The van der Waals surface area contributed by atoms with Crippen LogP contribution in [-0.2, 0) is 14.8 Å². The van der Waals surface area contributed by atoms with Crippen LogP contribution in [0.1, 0.15) is 48.5 Å². The van der Waals surface area contributed by atoms with Crippen LogP contribution < -0.4 is 15.4 Å². The quantitative estimate of drug-likeness (QED) is 0.657. The van der Waals surface area contributed by atoms with Crippen molar-refractivity contribution in [2.45, 2.75) is 50.5 Å². The molecule has 0 aliphatic carbocycles. The fraction of sp³-hybridized carbons (Fsp3) is 0.500. The Morgan fingerprint density at radius 2 is 1.81 bits per heavy atom. The van der Waals surface area contributed by atoms with E-state index >= 15 is 0 Å². The van der Waals surface area contributed by atoms with E-state index in [4.69, 9.17) is 4.74 Å². The second kappa shape index (κ2) is 9.59. The second-order valence-corrected chi connectivity index (χ2v) is 10.4. The SMILES string of the molecule is C1CCNCC1.Cc1ccc(NS(=O)(=O)c2ccc3c(c2)C2OCCC2CN3)cc1C. The molecular weight excluding hydrogens is 410 g/mol. The van der Waals surface area contributed by atoms with Gasteiger partial charge in [0, 0.05) is 36.0 Å². The van der Waals surface area contributed by atoms with Crippen LogP contribution in [-0.4, -0.2) is 34.7 Å². The second-order valence-electron chi connectivity index (χ2n) is 8.69. The van der Waals surface area contributed by atoms with E-state index in [-0.39, 0.29) is 11.0 Å². The average molecular weight is 444 g/mol. The highest BCUT2D eigenvalue weighted by Gasteiger charge is 2.35. The van der Waals surface area contributed by atoms with E-state index in [0.29, 0.717) is 11.6 Å². The maximum atomic E-state index is 12.8. The third-order valence-corrected chi connectivity index (χ3v) is 7.75. The van der Waals surface area contributed by atoms with Crippen molar-refractivity contribution in [3.63, 3.8) is 0 Å². The molecule has 168 valence electrons. The van der Waals surface area contributed by atoms with Crippen molar-refractivity contribution in [2.75, 3.05) is 36.3 Å². The van der Waals surface area contributed by atoms with Gasteiger partial charge in [-0.25, -0.2) is 8.42 Å². The lowest BCUT2D eigenvalue weighted by Gasteiger charge is -2.28. The molecule has 3 N–H and O–H groups in total. The molecule has 2 aromatic carbocycles. The minimum Gasteiger partial charge on any atom is -0.384 e. The van der Waals surface area contributed by atoms with Gasteiger partial charge in [0.2, 0.25) is 0 Å². The van der Waals surface area contributed by atoms with Crippen LogP contribution in [0, 0.1) is 19.8 Å². The van der Waals surface area contributed by atoms with Gasteiger partial charge in [0.25, 0.3) is 10.0 Å². The van der Waals surface area contributed by atoms with E-state index in [1.54, 1.807) is 18.2 Å². The predicted octanol–water partition coefficient (Wildman–Crippen LogP) is 4.37. The summed E-state index contributed by atoms with van der Waals surface area (Å²) in [6, 6.07) is 10.8. The lowest BCUT2D eigenvalue weighted by Crippen LogP contribution is -2.25. The van der Waals surface area contributed by atoms with Crippen molar-refractivity contribution in [2.24, 2.45) is 5.92 Å². The first-order valence-corrected chi connectivity index (χ1v) is 12.7. The fourth-order valence-electron chi connectivity index (χ4n) is 4.35. The number of hydrogen-bond acceptors (Lipinski definition) is 5. The summed E-state index contributed by atoms with van der Waals surface area (Å²) >= 11 is 0. The Kier molecular flexibility index (Phi) is 6.84. The fourth-order valence-corrected chi connectivity index (χ4v) is 5.44. The molecule has 0 saturated carbocycles. The Morgan fingerprint density at radius 3 is 2.48 bits per heavy atom. The van der Waals surface area contributed by atoms with Crippen LogP contribution >= 0.6 is 0 Å². The Hall–Kier alpha value is -2.09. The highest BCUT2D eigenvalue weighted by atomic mass is 32.2. The first-order valence-electron chi connectivity index (χ1n) is 11.2. The molecule has 31 heavy (non-hydrogen) atoms. The summed E-state index contributed by atoms with van der Waals surface area (Å²) in [6.07, 6.45) is 5.22. The molecule has 3 heterocycles. The van der Waals surface area contributed by atoms with Crippen molar-refractivity contribution < 1.29 is 13.2 Å². The summed E-state index contributed by atoms with van der Waals surface area (Å²) in [5.74, 6) is 0.415. The normalized spacial score (nSPS) is 22.4. The van der Waals surface area contributed by atoms with Gasteiger partial charge in [0.05, 0.1) is 11.0 Å². The van der Waals surface area contributed by atoms with E-state index in [0.717, 1.165) is 42.0 Å². The molecule has 0 amide bonds. The molecular formula is C24H33N3O3S. The number of benzene rings is 2. The molecule has 0 spiro atoms. The maximum Gasteiger partial charge on any atom is 0.261 e. The van der Waals surface area contributed by atoms with E-state index < -0.39 is 10.0 Å². The number of sulfonamides is 1. The summed E-state index contributed by atoms with van der Waals surface area (Å²) in [4.78, 5) is 0.266. The average Bonchev–Trinajstić information content (AvgIpc) is 3.27. The number of ether oxygens (including phenoxy) is 1. The molecule has 2 saturated heterocycles.